The van der Waals surface area contributed by atoms with Gasteiger partial charge in [-0.05, 0) is 75.0 Å². The molecule has 4 fully saturated rings. The number of anilines is 1. The summed E-state index contributed by atoms with van der Waals surface area (Å²) in [6, 6.07) is 0. The van der Waals surface area contributed by atoms with Gasteiger partial charge in [-0.1, -0.05) is 12.1 Å². The van der Waals surface area contributed by atoms with Crippen molar-refractivity contribution in [1.82, 2.24) is 10.1 Å². The summed E-state index contributed by atoms with van der Waals surface area (Å²) in [6.45, 7) is 2.22. The topological polar surface area (TPSA) is 68.0 Å². The van der Waals surface area contributed by atoms with E-state index in [-0.39, 0.29) is 11.3 Å². The maximum Gasteiger partial charge on any atom is 0.279 e. The van der Waals surface area contributed by atoms with Crippen LogP contribution in [0.3, 0.4) is 0 Å². The van der Waals surface area contributed by atoms with Gasteiger partial charge in [-0.25, -0.2) is 4.98 Å². The number of aryl methyl sites for hydroxylation is 1. The summed E-state index contributed by atoms with van der Waals surface area (Å²) in [6.07, 6.45) is 11.0. The third kappa shape index (κ3) is 2.67. The SMILES string of the molecule is CC1CCc2onc(C(=O)Nc3nc(C45CC6CC(CC(C6)C4)C5)cs3)c2C1. The molecule has 0 radical (unpaired) electrons. The molecule has 148 valence electrons. The van der Waals surface area contributed by atoms with Crippen molar-refractivity contribution in [2.45, 2.75) is 70.1 Å². The maximum absolute atomic E-state index is 12.8. The zero-order chi connectivity index (χ0) is 18.9. The molecular formula is C22H27N3O2S. The number of thiazole rings is 1. The first-order valence-corrected chi connectivity index (χ1v) is 11.7. The minimum absolute atomic E-state index is 0.175. The highest BCUT2D eigenvalue weighted by atomic mass is 32.1. The number of carbonyl (C=O) groups is 1. The highest BCUT2D eigenvalue weighted by Gasteiger charge is 2.52. The summed E-state index contributed by atoms with van der Waals surface area (Å²) in [7, 11) is 0. The zero-order valence-electron chi connectivity index (χ0n) is 16.4. The van der Waals surface area contributed by atoms with Gasteiger partial charge in [0.05, 0.1) is 5.69 Å². The molecule has 2 heterocycles. The van der Waals surface area contributed by atoms with E-state index in [0.29, 0.717) is 16.7 Å². The molecule has 2 aromatic heterocycles. The van der Waals surface area contributed by atoms with Crippen molar-refractivity contribution in [3.05, 3.63) is 28.1 Å². The molecule has 0 saturated heterocycles. The van der Waals surface area contributed by atoms with Gasteiger partial charge in [0.2, 0.25) is 0 Å². The van der Waals surface area contributed by atoms with E-state index >= 15 is 0 Å². The van der Waals surface area contributed by atoms with Crippen LogP contribution in [0, 0.1) is 23.7 Å². The predicted molar refractivity (Wildman–Crippen MR) is 108 cm³/mol. The minimum atomic E-state index is -0.175. The summed E-state index contributed by atoms with van der Waals surface area (Å²) >= 11 is 1.56. The molecule has 6 heteroatoms. The molecule has 2 aromatic rings. The molecule has 0 aliphatic heterocycles. The molecule has 1 atom stereocenters. The molecular weight excluding hydrogens is 370 g/mol. The molecule has 5 aliphatic rings. The lowest BCUT2D eigenvalue weighted by Gasteiger charge is -2.56. The number of rotatable bonds is 3. The van der Waals surface area contributed by atoms with Crippen LogP contribution in [-0.2, 0) is 18.3 Å². The van der Waals surface area contributed by atoms with Gasteiger partial charge in [-0.3, -0.25) is 10.1 Å². The van der Waals surface area contributed by atoms with Crippen molar-refractivity contribution in [3.63, 3.8) is 0 Å². The van der Waals surface area contributed by atoms with Crippen molar-refractivity contribution in [1.29, 1.82) is 0 Å². The Bertz CT molecular complexity index is 895. The van der Waals surface area contributed by atoms with Gasteiger partial charge in [-0.15, -0.1) is 11.3 Å². The Morgan fingerprint density at radius 3 is 2.64 bits per heavy atom. The first-order chi connectivity index (χ1) is 13.6. The summed E-state index contributed by atoms with van der Waals surface area (Å²) in [5.74, 6) is 3.97. The van der Waals surface area contributed by atoms with Gasteiger partial charge in [0.15, 0.2) is 10.8 Å². The van der Waals surface area contributed by atoms with Crippen LogP contribution >= 0.6 is 11.3 Å². The van der Waals surface area contributed by atoms with Crippen molar-refractivity contribution >= 4 is 22.4 Å². The molecule has 0 spiro atoms. The summed E-state index contributed by atoms with van der Waals surface area (Å²) < 4.78 is 5.44. The first kappa shape index (κ1) is 17.2. The Morgan fingerprint density at radius 2 is 1.93 bits per heavy atom. The van der Waals surface area contributed by atoms with Crippen LogP contribution in [0.1, 0.15) is 79.4 Å². The third-order valence-electron chi connectivity index (χ3n) is 7.81. The molecule has 5 aliphatic carbocycles. The van der Waals surface area contributed by atoms with Gasteiger partial charge < -0.3 is 4.52 Å². The first-order valence-electron chi connectivity index (χ1n) is 10.8. The number of carbonyl (C=O) groups excluding carboxylic acids is 1. The number of hydrogen-bond donors (Lipinski definition) is 1. The molecule has 28 heavy (non-hydrogen) atoms. The summed E-state index contributed by atoms with van der Waals surface area (Å²) in [4.78, 5) is 17.7. The summed E-state index contributed by atoms with van der Waals surface area (Å²) in [5.41, 5.74) is 2.95. The second-order valence-electron chi connectivity index (χ2n) is 9.97. The van der Waals surface area contributed by atoms with Crippen LogP contribution in [0.25, 0.3) is 0 Å². The van der Waals surface area contributed by atoms with Crippen LogP contribution in [0.15, 0.2) is 9.90 Å². The Morgan fingerprint density at radius 1 is 1.21 bits per heavy atom. The molecule has 1 N–H and O–H groups in total. The Balaban J connectivity index is 1.22. The van der Waals surface area contributed by atoms with Gasteiger partial charge in [-0.2, -0.15) is 0 Å². The van der Waals surface area contributed by atoms with Crippen LogP contribution in [0.5, 0.6) is 0 Å². The van der Waals surface area contributed by atoms with Crippen LogP contribution in [0.4, 0.5) is 5.13 Å². The fourth-order valence-corrected chi connectivity index (χ4v) is 7.74. The third-order valence-corrected chi connectivity index (χ3v) is 8.57. The van der Waals surface area contributed by atoms with Crippen molar-refractivity contribution in [2.24, 2.45) is 23.7 Å². The maximum atomic E-state index is 12.8. The fourth-order valence-electron chi connectivity index (χ4n) is 6.91. The molecule has 1 amide bonds. The molecule has 5 nitrogen and oxygen atoms in total. The van der Waals surface area contributed by atoms with Crippen molar-refractivity contribution < 1.29 is 9.32 Å². The highest BCUT2D eigenvalue weighted by Crippen LogP contribution is 2.60. The second-order valence-corrected chi connectivity index (χ2v) is 10.8. The van der Waals surface area contributed by atoms with Gasteiger partial charge in [0.1, 0.15) is 5.76 Å². The lowest BCUT2D eigenvalue weighted by atomic mass is 9.49. The second kappa shape index (κ2) is 6.15. The largest absolute Gasteiger partial charge is 0.360 e. The zero-order valence-corrected chi connectivity index (χ0v) is 17.2. The number of nitrogens with zero attached hydrogens (tertiary/aromatic N) is 2. The van der Waals surface area contributed by atoms with Gasteiger partial charge >= 0.3 is 0 Å². The lowest BCUT2D eigenvalue weighted by molar-refractivity contribution is -0.00688. The highest BCUT2D eigenvalue weighted by molar-refractivity contribution is 7.14. The fraction of sp³-hybridized carbons (Fsp3) is 0.682. The van der Waals surface area contributed by atoms with Crippen molar-refractivity contribution in [3.8, 4) is 0 Å². The quantitative estimate of drug-likeness (QED) is 0.793. The monoisotopic (exact) mass is 397 g/mol. The molecule has 0 aromatic carbocycles. The predicted octanol–water partition coefficient (Wildman–Crippen LogP) is 4.98. The van der Waals surface area contributed by atoms with Crippen LogP contribution < -0.4 is 5.32 Å². The smallest absolute Gasteiger partial charge is 0.279 e. The van der Waals surface area contributed by atoms with E-state index < -0.39 is 0 Å². The average Bonchev–Trinajstić information content (AvgIpc) is 3.27. The van der Waals surface area contributed by atoms with E-state index in [9.17, 15) is 4.79 Å². The van der Waals surface area contributed by atoms with Gasteiger partial charge in [0.25, 0.3) is 5.91 Å². The van der Waals surface area contributed by atoms with E-state index in [1.54, 1.807) is 11.3 Å². The van der Waals surface area contributed by atoms with E-state index in [1.165, 1.54) is 44.2 Å². The number of nitrogens with one attached hydrogen (secondary N) is 1. The lowest BCUT2D eigenvalue weighted by Crippen LogP contribution is -2.48. The standard InChI is InChI=1S/C22H27N3O2S/c1-12-2-3-17-16(4-12)19(25-27-17)20(26)24-21-23-18(11-28-21)22-8-13-5-14(9-22)7-15(6-13)10-22/h11-15H,2-10H2,1H3,(H,23,24,26). The number of amides is 1. The van der Waals surface area contributed by atoms with E-state index in [1.807, 2.05) is 0 Å². The van der Waals surface area contributed by atoms with Crippen LogP contribution in [0.2, 0.25) is 0 Å². The van der Waals surface area contributed by atoms with E-state index in [2.05, 4.69) is 22.8 Å². The Hall–Kier alpha value is -1.69. The van der Waals surface area contributed by atoms with Crippen LogP contribution in [-0.4, -0.2) is 16.0 Å². The van der Waals surface area contributed by atoms with E-state index in [4.69, 9.17) is 9.51 Å². The summed E-state index contributed by atoms with van der Waals surface area (Å²) in [5, 5.41) is 9.99. The number of hydrogen-bond acceptors (Lipinski definition) is 5. The molecule has 7 rings (SSSR count). The average molecular weight is 398 g/mol. The minimum Gasteiger partial charge on any atom is -0.360 e. The molecule has 1 unspecified atom stereocenters. The number of fused-ring (bicyclic) bond motifs is 1. The number of aromatic nitrogens is 2. The Labute approximate surface area is 169 Å². The van der Waals surface area contributed by atoms with Gasteiger partial charge in [0, 0.05) is 22.8 Å². The van der Waals surface area contributed by atoms with E-state index in [0.717, 1.165) is 48.3 Å². The Kier molecular flexibility index (Phi) is 3.78. The molecule has 4 bridgehead atoms. The molecule has 4 saturated carbocycles. The normalized spacial score (nSPS) is 35.8. The van der Waals surface area contributed by atoms with Crippen molar-refractivity contribution in [2.75, 3.05) is 5.32 Å².